The molecule has 2 aliphatic heterocycles. The Bertz CT molecular complexity index is 791. The Balaban J connectivity index is 1.53. The summed E-state index contributed by atoms with van der Waals surface area (Å²) in [5, 5.41) is 6.73. The fourth-order valence-electron chi connectivity index (χ4n) is 3.17. The number of nitrogens with one attached hydrogen (secondary N) is 1. The van der Waals surface area contributed by atoms with Gasteiger partial charge in [-0.05, 0) is 23.3 Å². The van der Waals surface area contributed by atoms with E-state index >= 15 is 0 Å². The summed E-state index contributed by atoms with van der Waals surface area (Å²) >= 11 is 0. The van der Waals surface area contributed by atoms with Crippen molar-refractivity contribution < 1.29 is 9.59 Å². The lowest BCUT2D eigenvalue weighted by molar-refractivity contribution is -0.132. The minimum absolute atomic E-state index is 0.0426. The maximum Gasteiger partial charge on any atom is 0.254 e. The molecule has 3 heterocycles. The van der Waals surface area contributed by atoms with Gasteiger partial charge >= 0.3 is 0 Å². The van der Waals surface area contributed by atoms with Crippen molar-refractivity contribution in [1.82, 2.24) is 20.0 Å². The molecule has 6 nitrogen and oxygen atoms in total. The van der Waals surface area contributed by atoms with E-state index in [-0.39, 0.29) is 17.9 Å². The Hall–Kier alpha value is -2.89. The molecule has 1 N–H and O–H groups in total. The van der Waals surface area contributed by atoms with Crippen LogP contribution in [0, 0.1) is 0 Å². The highest BCUT2D eigenvalue weighted by Crippen LogP contribution is 2.31. The van der Waals surface area contributed by atoms with E-state index in [9.17, 15) is 9.59 Å². The zero-order chi connectivity index (χ0) is 16.0. The Kier molecular flexibility index (Phi) is 3.04. The second-order valence-electron chi connectivity index (χ2n) is 5.89. The van der Waals surface area contributed by atoms with Crippen LogP contribution in [0.3, 0.4) is 0 Å². The lowest BCUT2D eigenvalue weighted by Crippen LogP contribution is -2.60. The number of rotatable bonds is 3. The van der Waals surface area contributed by atoms with Crippen LogP contribution in [0.4, 0.5) is 0 Å². The molecule has 1 fully saturated rings. The summed E-state index contributed by atoms with van der Waals surface area (Å²) in [7, 11) is 0. The number of aromatic amines is 1. The second-order valence-corrected chi connectivity index (χ2v) is 5.89. The van der Waals surface area contributed by atoms with Crippen molar-refractivity contribution >= 4 is 11.8 Å². The van der Waals surface area contributed by atoms with Gasteiger partial charge in [-0.15, -0.1) is 0 Å². The van der Waals surface area contributed by atoms with Crippen molar-refractivity contribution in [3.63, 3.8) is 0 Å². The van der Waals surface area contributed by atoms with Crippen molar-refractivity contribution in [3.8, 4) is 11.1 Å². The van der Waals surface area contributed by atoms with Crippen LogP contribution in [0.15, 0.2) is 43.2 Å². The molecule has 0 saturated carbocycles. The van der Waals surface area contributed by atoms with Gasteiger partial charge in [0.1, 0.15) is 0 Å². The third kappa shape index (κ3) is 2.14. The molecule has 2 aliphatic rings. The molecule has 116 valence electrons. The van der Waals surface area contributed by atoms with Gasteiger partial charge in [-0.2, -0.15) is 5.10 Å². The average molecular weight is 308 g/mol. The summed E-state index contributed by atoms with van der Waals surface area (Å²) in [6.45, 7) is 5.26. The average Bonchev–Trinajstić information content (AvgIpc) is 3.15. The van der Waals surface area contributed by atoms with Gasteiger partial charge in [0.2, 0.25) is 5.91 Å². The van der Waals surface area contributed by atoms with Crippen LogP contribution < -0.4 is 0 Å². The number of fused-ring (bicyclic) bond motifs is 1. The maximum absolute atomic E-state index is 12.7. The first kappa shape index (κ1) is 13.8. The number of H-pyrrole nitrogens is 1. The van der Waals surface area contributed by atoms with Crippen LogP contribution >= 0.6 is 0 Å². The SMILES string of the molecule is C=CC(=O)N1CC(N2Cc3ccc(-c4cn[nH]c4)cc3C2=O)C1. The van der Waals surface area contributed by atoms with Gasteiger partial charge in [0.15, 0.2) is 0 Å². The van der Waals surface area contributed by atoms with Gasteiger partial charge in [-0.25, -0.2) is 0 Å². The molecule has 2 aromatic rings. The minimum Gasteiger partial charge on any atom is -0.335 e. The Morgan fingerprint density at radius 2 is 2.17 bits per heavy atom. The molecule has 0 bridgehead atoms. The van der Waals surface area contributed by atoms with Gasteiger partial charge in [-0.3, -0.25) is 14.7 Å². The second kappa shape index (κ2) is 5.08. The molecule has 2 amide bonds. The fourth-order valence-corrected chi connectivity index (χ4v) is 3.17. The standard InChI is InChI=1S/C17H16N4O2/c1-2-16(22)20-9-14(10-20)21-8-12-4-3-11(5-15(12)17(21)23)13-6-18-19-7-13/h2-7,14H,1,8-10H2,(H,18,19). The number of hydrogen-bond acceptors (Lipinski definition) is 3. The van der Waals surface area contributed by atoms with Crippen LogP contribution in [0.5, 0.6) is 0 Å². The van der Waals surface area contributed by atoms with Gasteiger partial charge in [0, 0.05) is 37.0 Å². The molecule has 6 heteroatoms. The van der Waals surface area contributed by atoms with Crippen molar-refractivity contribution in [1.29, 1.82) is 0 Å². The number of benzene rings is 1. The van der Waals surface area contributed by atoms with Crippen LogP contribution in [0.1, 0.15) is 15.9 Å². The quantitative estimate of drug-likeness (QED) is 0.872. The van der Waals surface area contributed by atoms with E-state index in [2.05, 4.69) is 16.8 Å². The van der Waals surface area contributed by atoms with Crippen molar-refractivity contribution in [3.05, 3.63) is 54.4 Å². The number of carbonyl (C=O) groups excluding carboxylic acids is 2. The Labute approximate surface area is 133 Å². The van der Waals surface area contributed by atoms with Gasteiger partial charge in [-0.1, -0.05) is 18.7 Å². The molecule has 0 aliphatic carbocycles. The van der Waals surface area contributed by atoms with Crippen molar-refractivity contribution in [2.75, 3.05) is 13.1 Å². The molecule has 0 radical (unpaired) electrons. The van der Waals surface area contributed by atoms with Crippen molar-refractivity contribution in [2.24, 2.45) is 0 Å². The van der Waals surface area contributed by atoms with Gasteiger partial charge < -0.3 is 9.80 Å². The molecular formula is C17H16N4O2. The normalized spacial score (nSPS) is 17.1. The van der Waals surface area contributed by atoms with Crippen LogP contribution in [-0.4, -0.2) is 50.9 Å². The highest BCUT2D eigenvalue weighted by Gasteiger charge is 2.40. The lowest BCUT2D eigenvalue weighted by atomic mass is 10.0. The topological polar surface area (TPSA) is 69.3 Å². The van der Waals surface area contributed by atoms with E-state index in [0.29, 0.717) is 19.6 Å². The third-order valence-corrected chi connectivity index (χ3v) is 4.56. The number of carbonyl (C=O) groups is 2. The highest BCUT2D eigenvalue weighted by molar-refractivity contribution is 6.00. The van der Waals surface area contributed by atoms with Crippen LogP contribution in [-0.2, 0) is 11.3 Å². The number of likely N-dealkylation sites (tertiary alicyclic amines) is 1. The molecule has 0 spiro atoms. The molecular weight excluding hydrogens is 292 g/mol. The van der Waals surface area contributed by atoms with Gasteiger partial charge in [0.05, 0.1) is 12.2 Å². The molecule has 4 rings (SSSR count). The van der Waals surface area contributed by atoms with E-state index in [0.717, 1.165) is 22.3 Å². The van der Waals surface area contributed by atoms with Crippen LogP contribution in [0.2, 0.25) is 0 Å². The first-order chi connectivity index (χ1) is 11.2. The first-order valence-electron chi connectivity index (χ1n) is 7.52. The summed E-state index contributed by atoms with van der Waals surface area (Å²) in [6, 6.07) is 6.03. The molecule has 23 heavy (non-hydrogen) atoms. The molecule has 0 atom stereocenters. The third-order valence-electron chi connectivity index (χ3n) is 4.56. The van der Waals surface area contributed by atoms with E-state index in [4.69, 9.17) is 0 Å². The predicted molar refractivity (Wildman–Crippen MR) is 84.5 cm³/mol. The Morgan fingerprint density at radius 1 is 1.35 bits per heavy atom. The van der Waals surface area contributed by atoms with Gasteiger partial charge in [0.25, 0.3) is 5.91 Å². The zero-order valence-electron chi connectivity index (χ0n) is 12.5. The fraction of sp³-hybridized carbons (Fsp3) is 0.235. The summed E-state index contributed by atoms with van der Waals surface area (Å²) in [4.78, 5) is 27.8. The molecule has 1 saturated heterocycles. The summed E-state index contributed by atoms with van der Waals surface area (Å²) < 4.78 is 0. The number of nitrogens with zero attached hydrogens (tertiary/aromatic N) is 3. The molecule has 1 aromatic heterocycles. The highest BCUT2D eigenvalue weighted by atomic mass is 16.2. The lowest BCUT2D eigenvalue weighted by Gasteiger charge is -2.43. The Morgan fingerprint density at radius 3 is 2.87 bits per heavy atom. The van der Waals surface area contributed by atoms with E-state index < -0.39 is 0 Å². The largest absolute Gasteiger partial charge is 0.335 e. The predicted octanol–water partition coefficient (Wildman–Crippen LogP) is 1.43. The van der Waals surface area contributed by atoms with E-state index in [1.165, 1.54) is 6.08 Å². The number of aromatic nitrogens is 2. The smallest absolute Gasteiger partial charge is 0.254 e. The monoisotopic (exact) mass is 308 g/mol. The summed E-state index contributed by atoms with van der Waals surface area (Å²) in [6.07, 6.45) is 4.86. The minimum atomic E-state index is -0.0762. The van der Waals surface area contributed by atoms with Crippen LogP contribution in [0.25, 0.3) is 11.1 Å². The molecule has 1 aromatic carbocycles. The first-order valence-corrected chi connectivity index (χ1v) is 7.52. The van der Waals surface area contributed by atoms with E-state index in [1.807, 2.05) is 29.3 Å². The number of hydrogen-bond donors (Lipinski definition) is 1. The summed E-state index contributed by atoms with van der Waals surface area (Å²) in [5.74, 6) is -0.0336. The number of amides is 2. The zero-order valence-corrected chi connectivity index (χ0v) is 12.5. The maximum atomic E-state index is 12.7. The molecule has 0 unspecified atom stereocenters. The van der Waals surface area contributed by atoms with Crippen molar-refractivity contribution in [2.45, 2.75) is 12.6 Å². The van der Waals surface area contributed by atoms with E-state index in [1.54, 1.807) is 11.1 Å². The summed E-state index contributed by atoms with van der Waals surface area (Å²) in [5.41, 5.74) is 3.73.